The molecule has 2 aliphatic rings. The standard InChI is InChI=1S/C20H24N2/c1-14-18(13-21-19-9-10-19)8-11-20(22-14)17-7-6-15-4-2-3-5-16(15)12-17/h6-8,11-12,19,21H,2-5,9-10,13H2,1H3. The van der Waals surface area contributed by atoms with Crippen molar-refractivity contribution in [2.24, 2.45) is 0 Å². The van der Waals surface area contributed by atoms with Crippen molar-refractivity contribution in [2.75, 3.05) is 0 Å². The van der Waals surface area contributed by atoms with Crippen LogP contribution in [0.5, 0.6) is 0 Å². The number of nitrogens with zero attached hydrogens (tertiary/aromatic N) is 1. The lowest BCUT2D eigenvalue weighted by Gasteiger charge is -2.17. The summed E-state index contributed by atoms with van der Waals surface area (Å²) in [5, 5.41) is 3.57. The number of pyridine rings is 1. The number of nitrogens with one attached hydrogen (secondary N) is 1. The SMILES string of the molecule is Cc1nc(-c2ccc3c(c2)CCCC3)ccc1CNC1CC1. The van der Waals surface area contributed by atoms with E-state index in [0.717, 1.165) is 24.0 Å². The average Bonchev–Trinajstić information content (AvgIpc) is 3.37. The zero-order valence-electron chi connectivity index (χ0n) is 13.4. The molecule has 2 nitrogen and oxygen atoms in total. The normalized spacial score (nSPS) is 17.3. The summed E-state index contributed by atoms with van der Waals surface area (Å²) in [6.07, 6.45) is 7.81. The molecule has 0 bridgehead atoms. The number of hydrogen-bond donors (Lipinski definition) is 1. The number of benzene rings is 1. The first kappa shape index (κ1) is 14.0. The fourth-order valence-electron chi connectivity index (χ4n) is 3.37. The summed E-state index contributed by atoms with van der Waals surface area (Å²) in [6.45, 7) is 3.08. The molecule has 0 saturated heterocycles. The van der Waals surface area contributed by atoms with E-state index in [9.17, 15) is 0 Å². The lowest BCUT2D eigenvalue weighted by Crippen LogP contribution is -2.16. The van der Waals surface area contributed by atoms with E-state index in [2.05, 4.69) is 42.6 Å². The Morgan fingerprint density at radius 1 is 1.05 bits per heavy atom. The number of hydrogen-bond acceptors (Lipinski definition) is 2. The van der Waals surface area contributed by atoms with E-state index in [0.29, 0.717) is 0 Å². The molecular formula is C20H24N2. The highest BCUT2D eigenvalue weighted by atomic mass is 14.9. The maximum atomic E-state index is 4.85. The first-order chi connectivity index (χ1) is 10.8. The molecule has 4 rings (SSSR count). The molecule has 0 amide bonds. The highest BCUT2D eigenvalue weighted by Crippen LogP contribution is 2.27. The topological polar surface area (TPSA) is 24.9 Å². The van der Waals surface area contributed by atoms with Crippen LogP contribution in [0, 0.1) is 6.92 Å². The second kappa shape index (κ2) is 5.85. The Balaban J connectivity index is 1.57. The van der Waals surface area contributed by atoms with Gasteiger partial charge in [-0.25, -0.2) is 0 Å². The summed E-state index contributed by atoms with van der Waals surface area (Å²) >= 11 is 0. The maximum Gasteiger partial charge on any atom is 0.0705 e. The summed E-state index contributed by atoms with van der Waals surface area (Å²) in [7, 11) is 0. The molecule has 0 aliphatic heterocycles. The second-order valence-electron chi connectivity index (χ2n) is 6.79. The molecule has 22 heavy (non-hydrogen) atoms. The molecule has 2 heteroatoms. The quantitative estimate of drug-likeness (QED) is 0.914. The third-order valence-corrected chi connectivity index (χ3v) is 5.00. The van der Waals surface area contributed by atoms with Crippen molar-refractivity contribution in [3.8, 4) is 11.3 Å². The van der Waals surface area contributed by atoms with Crippen molar-refractivity contribution in [2.45, 2.75) is 58.0 Å². The highest BCUT2D eigenvalue weighted by molar-refractivity contribution is 5.62. The molecule has 0 unspecified atom stereocenters. The van der Waals surface area contributed by atoms with Crippen molar-refractivity contribution in [1.82, 2.24) is 10.3 Å². The number of rotatable bonds is 4. The van der Waals surface area contributed by atoms with E-state index in [1.807, 2.05) is 0 Å². The van der Waals surface area contributed by atoms with Crippen LogP contribution < -0.4 is 5.32 Å². The lowest BCUT2D eigenvalue weighted by molar-refractivity contribution is 0.682. The molecule has 1 heterocycles. The fourth-order valence-corrected chi connectivity index (χ4v) is 3.37. The van der Waals surface area contributed by atoms with E-state index in [1.165, 1.54) is 60.8 Å². The summed E-state index contributed by atoms with van der Waals surface area (Å²) in [4.78, 5) is 4.85. The van der Waals surface area contributed by atoms with Crippen molar-refractivity contribution in [1.29, 1.82) is 0 Å². The molecule has 1 fully saturated rings. The largest absolute Gasteiger partial charge is 0.310 e. The molecule has 1 aromatic heterocycles. The molecule has 1 saturated carbocycles. The van der Waals surface area contributed by atoms with Gasteiger partial charge in [0.1, 0.15) is 0 Å². The van der Waals surface area contributed by atoms with Crippen LogP contribution in [0.25, 0.3) is 11.3 Å². The van der Waals surface area contributed by atoms with Crippen LogP contribution in [-0.2, 0) is 19.4 Å². The van der Waals surface area contributed by atoms with Gasteiger partial charge in [0.25, 0.3) is 0 Å². The number of fused-ring (bicyclic) bond motifs is 1. The van der Waals surface area contributed by atoms with Gasteiger partial charge in [-0.2, -0.15) is 0 Å². The third kappa shape index (κ3) is 2.93. The Labute approximate surface area is 133 Å². The molecule has 2 aliphatic carbocycles. The minimum absolute atomic E-state index is 0.750. The molecule has 1 aromatic carbocycles. The van der Waals surface area contributed by atoms with Crippen LogP contribution in [-0.4, -0.2) is 11.0 Å². The Bertz CT molecular complexity index is 686. The minimum atomic E-state index is 0.750. The summed E-state index contributed by atoms with van der Waals surface area (Å²) < 4.78 is 0. The Morgan fingerprint density at radius 3 is 2.64 bits per heavy atom. The highest BCUT2D eigenvalue weighted by Gasteiger charge is 2.20. The fraction of sp³-hybridized carbons (Fsp3) is 0.450. The Hall–Kier alpha value is -1.67. The molecule has 2 aromatic rings. The van der Waals surface area contributed by atoms with Crippen LogP contribution in [0.3, 0.4) is 0 Å². The zero-order valence-corrected chi connectivity index (χ0v) is 13.4. The molecule has 0 radical (unpaired) electrons. The van der Waals surface area contributed by atoms with Crippen LogP contribution in [0.2, 0.25) is 0 Å². The van der Waals surface area contributed by atoms with Gasteiger partial charge in [-0.15, -0.1) is 0 Å². The summed E-state index contributed by atoms with van der Waals surface area (Å²) in [5.41, 5.74) is 7.93. The summed E-state index contributed by atoms with van der Waals surface area (Å²) in [6, 6.07) is 12.1. The van der Waals surface area contributed by atoms with Crippen molar-refractivity contribution in [3.05, 3.63) is 52.7 Å². The van der Waals surface area contributed by atoms with E-state index in [-0.39, 0.29) is 0 Å². The lowest BCUT2D eigenvalue weighted by atomic mass is 9.90. The Morgan fingerprint density at radius 2 is 1.86 bits per heavy atom. The minimum Gasteiger partial charge on any atom is -0.310 e. The van der Waals surface area contributed by atoms with Crippen molar-refractivity contribution in [3.63, 3.8) is 0 Å². The first-order valence-electron chi connectivity index (χ1n) is 8.62. The second-order valence-corrected chi connectivity index (χ2v) is 6.79. The third-order valence-electron chi connectivity index (χ3n) is 5.00. The van der Waals surface area contributed by atoms with E-state index < -0.39 is 0 Å². The molecule has 114 valence electrons. The number of aryl methyl sites for hydroxylation is 3. The molecular weight excluding hydrogens is 268 g/mol. The van der Waals surface area contributed by atoms with Gasteiger partial charge in [0, 0.05) is 23.8 Å². The molecule has 0 spiro atoms. The van der Waals surface area contributed by atoms with Crippen molar-refractivity contribution >= 4 is 0 Å². The average molecular weight is 292 g/mol. The van der Waals surface area contributed by atoms with E-state index in [1.54, 1.807) is 0 Å². The van der Waals surface area contributed by atoms with Crippen LogP contribution >= 0.6 is 0 Å². The van der Waals surface area contributed by atoms with Crippen LogP contribution in [0.4, 0.5) is 0 Å². The first-order valence-corrected chi connectivity index (χ1v) is 8.62. The van der Waals surface area contributed by atoms with Gasteiger partial charge < -0.3 is 5.32 Å². The van der Waals surface area contributed by atoms with Gasteiger partial charge in [-0.3, -0.25) is 4.98 Å². The summed E-state index contributed by atoms with van der Waals surface area (Å²) in [5.74, 6) is 0. The van der Waals surface area contributed by atoms with E-state index in [4.69, 9.17) is 4.98 Å². The monoisotopic (exact) mass is 292 g/mol. The van der Waals surface area contributed by atoms with Gasteiger partial charge in [0.15, 0.2) is 0 Å². The van der Waals surface area contributed by atoms with Gasteiger partial charge in [-0.1, -0.05) is 18.2 Å². The van der Waals surface area contributed by atoms with Crippen LogP contribution in [0.1, 0.15) is 48.1 Å². The Kier molecular flexibility index (Phi) is 3.71. The van der Waals surface area contributed by atoms with Crippen LogP contribution in [0.15, 0.2) is 30.3 Å². The molecule has 0 atom stereocenters. The molecule has 1 N–H and O–H groups in total. The predicted octanol–water partition coefficient (Wildman–Crippen LogP) is 4.19. The van der Waals surface area contributed by atoms with E-state index >= 15 is 0 Å². The predicted molar refractivity (Wildman–Crippen MR) is 90.9 cm³/mol. The van der Waals surface area contributed by atoms with Gasteiger partial charge in [0.05, 0.1) is 5.69 Å². The zero-order chi connectivity index (χ0) is 14.9. The maximum absolute atomic E-state index is 4.85. The van der Waals surface area contributed by atoms with Gasteiger partial charge >= 0.3 is 0 Å². The smallest absolute Gasteiger partial charge is 0.0705 e. The van der Waals surface area contributed by atoms with Crippen molar-refractivity contribution < 1.29 is 0 Å². The van der Waals surface area contributed by atoms with Gasteiger partial charge in [0.2, 0.25) is 0 Å². The number of aromatic nitrogens is 1. The van der Waals surface area contributed by atoms with Gasteiger partial charge in [-0.05, 0) is 74.3 Å².